The van der Waals surface area contributed by atoms with Crippen molar-refractivity contribution in [3.05, 3.63) is 83.4 Å². The van der Waals surface area contributed by atoms with Crippen LogP contribution in [0.4, 0.5) is 8.78 Å². The molecule has 150 valence electrons. The highest BCUT2D eigenvalue weighted by atomic mass is 19.1. The first-order chi connectivity index (χ1) is 14.0. The summed E-state index contributed by atoms with van der Waals surface area (Å²) in [5.41, 5.74) is 1.19. The lowest BCUT2D eigenvalue weighted by atomic mass is 10.1. The van der Waals surface area contributed by atoms with Crippen LogP contribution in [0.3, 0.4) is 0 Å². The average molecular weight is 396 g/mol. The minimum Gasteiger partial charge on any atom is -0.350 e. The Balaban J connectivity index is 1.49. The summed E-state index contributed by atoms with van der Waals surface area (Å²) in [4.78, 5) is 24.2. The summed E-state index contributed by atoms with van der Waals surface area (Å²) in [7, 11) is 0. The van der Waals surface area contributed by atoms with Gasteiger partial charge in [-0.15, -0.1) is 0 Å². The molecule has 0 aromatic heterocycles. The number of hydrogen-bond acceptors (Lipinski definition) is 2. The lowest BCUT2D eigenvalue weighted by molar-refractivity contribution is -0.119. The van der Waals surface area contributed by atoms with Gasteiger partial charge in [-0.25, -0.2) is 8.78 Å². The van der Waals surface area contributed by atoms with Crippen molar-refractivity contribution in [3.8, 4) is 0 Å². The number of benzene rings is 2. The molecule has 0 heterocycles. The van der Waals surface area contributed by atoms with Crippen molar-refractivity contribution in [3.63, 3.8) is 0 Å². The van der Waals surface area contributed by atoms with Crippen molar-refractivity contribution >= 4 is 24.0 Å². The van der Waals surface area contributed by atoms with Crippen LogP contribution in [0.5, 0.6) is 0 Å². The predicted octanol–water partition coefficient (Wildman–Crippen LogP) is 3.70. The minimum atomic E-state index is -0.365. The van der Waals surface area contributed by atoms with Crippen LogP contribution in [0.25, 0.3) is 12.2 Å². The minimum absolute atomic E-state index is 0.175. The second kappa shape index (κ2) is 9.78. The van der Waals surface area contributed by atoms with Gasteiger partial charge in [-0.3, -0.25) is 9.59 Å². The maximum absolute atomic E-state index is 13.2. The molecule has 2 aromatic rings. The van der Waals surface area contributed by atoms with E-state index in [2.05, 4.69) is 10.6 Å². The number of amides is 2. The fraction of sp³-hybridized carbons (Fsp3) is 0.217. The average Bonchev–Trinajstić information content (AvgIpc) is 3.53. The summed E-state index contributed by atoms with van der Waals surface area (Å²) >= 11 is 0. The highest BCUT2D eigenvalue weighted by molar-refractivity contribution is 5.93. The third-order valence-electron chi connectivity index (χ3n) is 4.57. The number of nitrogens with one attached hydrogen (secondary N) is 2. The summed E-state index contributed by atoms with van der Waals surface area (Å²) in [6.45, 7) is 0.302. The molecular weight excluding hydrogens is 374 g/mol. The van der Waals surface area contributed by atoms with Crippen molar-refractivity contribution in [2.45, 2.75) is 18.9 Å². The second-order valence-electron chi connectivity index (χ2n) is 6.97. The van der Waals surface area contributed by atoms with E-state index in [1.807, 2.05) is 0 Å². The maximum Gasteiger partial charge on any atom is 0.244 e. The Morgan fingerprint density at radius 2 is 1.48 bits per heavy atom. The molecule has 0 radical (unpaired) electrons. The lowest BCUT2D eigenvalue weighted by Crippen LogP contribution is -2.44. The zero-order valence-corrected chi connectivity index (χ0v) is 15.8. The van der Waals surface area contributed by atoms with E-state index < -0.39 is 0 Å². The van der Waals surface area contributed by atoms with E-state index in [1.54, 1.807) is 30.3 Å². The number of hydrogen-bond donors (Lipinski definition) is 2. The van der Waals surface area contributed by atoms with Gasteiger partial charge in [-0.1, -0.05) is 24.3 Å². The van der Waals surface area contributed by atoms with Gasteiger partial charge in [0.25, 0.3) is 0 Å². The Bertz CT molecular complexity index is 936. The molecule has 1 unspecified atom stereocenters. The van der Waals surface area contributed by atoms with Crippen LogP contribution >= 0.6 is 0 Å². The fourth-order valence-electron chi connectivity index (χ4n) is 2.90. The summed E-state index contributed by atoms with van der Waals surface area (Å²) in [5, 5.41) is 5.66. The maximum atomic E-state index is 13.2. The van der Waals surface area contributed by atoms with E-state index >= 15 is 0 Å². The zero-order valence-electron chi connectivity index (χ0n) is 15.8. The summed E-state index contributed by atoms with van der Waals surface area (Å²) < 4.78 is 26.3. The van der Waals surface area contributed by atoms with E-state index in [0.717, 1.165) is 12.8 Å². The molecule has 1 aliphatic rings. The standard InChI is InChI=1S/C23H22F2N2O2/c24-19-5-1-3-16(13-19)7-11-22(28)26-15-21(18-9-10-18)27-23(29)12-8-17-4-2-6-20(25)14-17/h1-8,11-14,18,21H,9-10,15H2,(H,26,28)(H,27,29). The molecule has 0 saturated heterocycles. The van der Waals surface area contributed by atoms with E-state index in [-0.39, 0.29) is 29.5 Å². The SMILES string of the molecule is O=C(C=Cc1cccc(F)c1)NCC(NC(=O)C=Cc1cccc(F)c1)C1CC1. The molecule has 2 amide bonds. The largest absolute Gasteiger partial charge is 0.350 e. The highest BCUT2D eigenvalue weighted by Crippen LogP contribution is 2.32. The van der Waals surface area contributed by atoms with Gasteiger partial charge >= 0.3 is 0 Å². The lowest BCUT2D eigenvalue weighted by Gasteiger charge is -2.17. The van der Waals surface area contributed by atoms with Crippen molar-refractivity contribution in [2.24, 2.45) is 5.92 Å². The van der Waals surface area contributed by atoms with Crippen molar-refractivity contribution in [1.82, 2.24) is 10.6 Å². The van der Waals surface area contributed by atoms with Crippen LogP contribution in [-0.4, -0.2) is 24.4 Å². The first-order valence-corrected chi connectivity index (χ1v) is 9.45. The summed E-state index contributed by atoms with van der Waals surface area (Å²) in [6, 6.07) is 11.7. The van der Waals surface area contributed by atoms with Crippen molar-refractivity contribution in [2.75, 3.05) is 6.54 Å². The predicted molar refractivity (Wildman–Crippen MR) is 109 cm³/mol. The summed E-state index contributed by atoms with van der Waals surface area (Å²) in [5.74, 6) is -1.01. The molecule has 3 rings (SSSR count). The molecule has 6 heteroatoms. The molecule has 2 aromatic carbocycles. The molecule has 1 fully saturated rings. The molecule has 0 bridgehead atoms. The smallest absolute Gasteiger partial charge is 0.244 e. The normalized spacial score (nSPS) is 14.8. The third-order valence-corrected chi connectivity index (χ3v) is 4.57. The molecule has 1 saturated carbocycles. The van der Waals surface area contributed by atoms with Gasteiger partial charge in [0.1, 0.15) is 11.6 Å². The van der Waals surface area contributed by atoms with Crippen LogP contribution in [-0.2, 0) is 9.59 Å². The Morgan fingerprint density at radius 3 is 2.00 bits per heavy atom. The topological polar surface area (TPSA) is 58.2 Å². The van der Waals surface area contributed by atoms with Gasteiger partial charge in [0, 0.05) is 24.7 Å². The second-order valence-corrected chi connectivity index (χ2v) is 6.97. The van der Waals surface area contributed by atoms with Gasteiger partial charge in [0.05, 0.1) is 0 Å². The quantitative estimate of drug-likeness (QED) is 0.669. The van der Waals surface area contributed by atoms with E-state index in [9.17, 15) is 18.4 Å². The van der Waals surface area contributed by atoms with Gasteiger partial charge in [0.15, 0.2) is 0 Å². The van der Waals surface area contributed by atoms with Gasteiger partial charge in [-0.2, -0.15) is 0 Å². The molecule has 0 spiro atoms. The first kappa shape index (κ1) is 20.5. The van der Waals surface area contributed by atoms with E-state index in [0.29, 0.717) is 23.6 Å². The fourth-order valence-corrected chi connectivity index (χ4v) is 2.90. The van der Waals surface area contributed by atoms with Crippen LogP contribution < -0.4 is 10.6 Å². The highest BCUT2D eigenvalue weighted by Gasteiger charge is 2.32. The van der Waals surface area contributed by atoms with Crippen LogP contribution in [0, 0.1) is 17.6 Å². The molecule has 0 aliphatic heterocycles. The third kappa shape index (κ3) is 6.99. The number of carbonyl (C=O) groups excluding carboxylic acids is 2. The zero-order chi connectivity index (χ0) is 20.6. The number of halogens is 2. The van der Waals surface area contributed by atoms with Crippen molar-refractivity contribution in [1.29, 1.82) is 0 Å². The van der Waals surface area contributed by atoms with Crippen molar-refractivity contribution < 1.29 is 18.4 Å². The van der Waals surface area contributed by atoms with Crippen LogP contribution in [0.2, 0.25) is 0 Å². The molecule has 1 atom stereocenters. The number of carbonyl (C=O) groups is 2. The van der Waals surface area contributed by atoms with Gasteiger partial charge < -0.3 is 10.6 Å². The Labute approximate surface area is 168 Å². The van der Waals surface area contributed by atoms with Gasteiger partial charge in [0.2, 0.25) is 11.8 Å². The van der Waals surface area contributed by atoms with E-state index in [1.165, 1.54) is 42.5 Å². The van der Waals surface area contributed by atoms with E-state index in [4.69, 9.17) is 0 Å². The van der Waals surface area contributed by atoms with Crippen LogP contribution in [0.15, 0.2) is 60.7 Å². The first-order valence-electron chi connectivity index (χ1n) is 9.45. The Kier molecular flexibility index (Phi) is 6.89. The monoisotopic (exact) mass is 396 g/mol. The Hall–Kier alpha value is -3.28. The Morgan fingerprint density at radius 1 is 0.931 bits per heavy atom. The van der Waals surface area contributed by atoms with Gasteiger partial charge in [-0.05, 0) is 66.3 Å². The molecule has 1 aliphatic carbocycles. The molecular formula is C23H22F2N2O2. The summed E-state index contributed by atoms with van der Waals surface area (Å²) in [6.07, 6.45) is 7.76. The number of rotatable bonds is 8. The molecule has 4 nitrogen and oxygen atoms in total. The molecule has 2 N–H and O–H groups in total. The van der Waals surface area contributed by atoms with Crippen LogP contribution in [0.1, 0.15) is 24.0 Å². The molecule has 29 heavy (non-hydrogen) atoms.